The summed E-state index contributed by atoms with van der Waals surface area (Å²) in [4.78, 5) is 22.8. The fraction of sp³-hybridized carbons (Fsp3) is 0.429. The van der Waals surface area contributed by atoms with E-state index < -0.39 is 24.1 Å². The van der Waals surface area contributed by atoms with Gasteiger partial charge < -0.3 is 4.74 Å². The average molecular weight is 320 g/mol. The quantitative estimate of drug-likeness (QED) is 0.594. The van der Waals surface area contributed by atoms with Crippen molar-refractivity contribution in [2.75, 3.05) is 12.4 Å². The topological polar surface area (TPSA) is 43.4 Å². The van der Waals surface area contributed by atoms with Crippen molar-refractivity contribution < 1.29 is 27.5 Å². The molecule has 0 aliphatic carbocycles. The number of rotatable bonds is 6. The molecular formula is C14H15F3O3S. The fourth-order valence-electron chi connectivity index (χ4n) is 1.64. The number of hydrogen-bond acceptors (Lipinski definition) is 4. The minimum absolute atomic E-state index is 0.0770. The summed E-state index contributed by atoms with van der Waals surface area (Å²) in [5, 5.41) is 0. The van der Waals surface area contributed by atoms with Crippen molar-refractivity contribution in [2.24, 2.45) is 0 Å². The number of ketones is 1. The van der Waals surface area contributed by atoms with Crippen molar-refractivity contribution in [3.63, 3.8) is 0 Å². The first-order chi connectivity index (χ1) is 9.74. The number of carbonyl (C=O) groups excluding carboxylic acids is 2. The van der Waals surface area contributed by atoms with Crippen LogP contribution >= 0.6 is 11.8 Å². The van der Waals surface area contributed by atoms with Crippen LogP contribution in [0.1, 0.15) is 25.0 Å². The number of benzene rings is 1. The summed E-state index contributed by atoms with van der Waals surface area (Å²) in [5.74, 6) is -0.618. The lowest BCUT2D eigenvalue weighted by atomic mass is 10.0. The van der Waals surface area contributed by atoms with Gasteiger partial charge in [0.15, 0.2) is 0 Å². The molecule has 0 fully saturated rings. The van der Waals surface area contributed by atoms with Gasteiger partial charge in [0.05, 0.1) is 24.3 Å². The van der Waals surface area contributed by atoms with Gasteiger partial charge in [0.2, 0.25) is 0 Å². The highest BCUT2D eigenvalue weighted by molar-refractivity contribution is 8.00. The zero-order valence-electron chi connectivity index (χ0n) is 11.6. The predicted molar refractivity (Wildman–Crippen MR) is 73.2 cm³/mol. The van der Waals surface area contributed by atoms with Gasteiger partial charge in [-0.3, -0.25) is 9.59 Å². The van der Waals surface area contributed by atoms with Crippen LogP contribution in [0.15, 0.2) is 23.1 Å². The van der Waals surface area contributed by atoms with Crippen LogP contribution in [0.4, 0.5) is 13.2 Å². The van der Waals surface area contributed by atoms with E-state index in [9.17, 15) is 22.8 Å². The number of ether oxygens (including phenoxy) is 1. The summed E-state index contributed by atoms with van der Waals surface area (Å²) in [6.45, 7) is 3.09. The van der Waals surface area contributed by atoms with Gasteiger partial charge in [0, 0.05) is 4.90 Å². The zero-order valence-corrected chi connectivity index (χ0v) is 12.4. The molecule has 0 saturated carbocycles. The van der Waals surface area contributed by atoms with E-state index in [1.165, 1.54) is 19.1 Å². The molecule has 0 aliphatic heterocycles. The number of Topliss-reactive ketones (excluding diaryl/α,β-unsaturated/α-hetero) is 1. The number of alkyl halides is 3. The van der Waals surface area contributed by atoms with E-state index in [1.807, 2.05) is 0 Å². The number of halogens is 3. The van der Waals surface area contributed by atoms with Crippen molar-refractivity contribution in [3.05, 3.63) is 29.3 Å². The second-order valence-electron chi connectivity index (χ2n) is 4.29. The van der Waals surface area contributed by atoms with E-state index in [2.05, 4.69) is 4.74 Å². The molecule has 0 aromatic heterocycles. The molecule has 3 nitrogen and oxygen atoms in total. The molecule has 1 rings (SSSR count). The van der Waals surface area contributed by atoms with Gasteiger partial charge >= 0.3 is 12.1 Å². The summed E-state index contributed by atoms with van der Waals surface area (Å²) >= 11 is 1.13. The van der Waals surface area contributed by atoms with Crippen molar-refractivity contribution in [1.29, 1.82) is 0 Å². The minimum atomic E-state index is -4.54. The Balaban J connectivity index is 3.04. The lowest BCUT2D eigenvalue weighted by Crippen LogP contribution is -2.14. The monoisotopic (exact) mass is 320 g/mol. The number of thioether (sulfide) groups is 1. The van der Waals surface area contributed by atoms with Gasteiger partial charge in [0.25, 0.3) is 0 Å². The Kier molecular flexibility index (Phi) is 6.26. The molecular weight excluding hydrogens is 305 g/mol. The van der Waals surface area contributed by atoms with Crippen LogP contribution in [-0.2, 0) is 26.9 Å². The van der Waals surface area contributed by atoms with Crippen molar-refractivity contribution in [3.8, 4) is 0 Å². The van der Waals surface area contributed by atoms with Crippen LogP contribution < -0.4 is 0 Å². The SMILES string of the molecule is CCOC(=O)Cc1cc(SCC(C)=O)ccc1C(F)(F)F. The molecule has 7 heteroatoms. The third-order valence-corrected chi connectivity index (χ3v) is 3.60. The van der Waals surface area contributed by atoms with Crippen molar-refractivity contribution in [2.45, 2.75) is 31.3 Å². The molecule has 21 heavy (non-hydrogen) atoms. The fourth-order valence-corrected chi connectivity index (χ4v) is 2.39. The van der Waals surface area contributed by atoms with E-state index in [0.717, 1.165) is 17.8 Å². The first-order valence-electron chi connectivity index (χ1n) is 6.22. The maximum Gasteiger partial charge on any atom is 0.416 e. The van der Waals surface area contributed by atoms with Crippen LogP contribution in [-0.4, -0.2) is 24.1 Å². The molecule has 0 aliphatic rings. The van der Waals surface area contributed by atoms with Gasteiger partial charge in [0.1, 0.15) is 5.78 Å². The number of hydrogen-bond donors (Lipinski definition) is 0. The highest BCUT2D eigenvalue weighted by Crippen LogP contribution is 2.34. The highest BCUT2D eigenvalue weighted by atomic mass is 32.2. The van der Waals surface area contributed by atoms with E-state index >= 15 is 0 Å². The molecule has 0 heterocycles. The Bertz CT molecular complexity index is 527. The second kappa shape index (κ2) is 7.49. The zero-order chi connectivity index (χ0) is 16.0. The molecule has 0 amide bonds. The van der Waals surface area contributed by atoms with E-state index in [-0.39, 0.29) is 23.7 Å². The van der Waals surface area contributed by atoms with E-state index in [4.69, 9.17) is 0 Å². The number of esters is 1. The molecule has 0 radical (unpaired) electrons. The Morgan fingerprint density at radius 1 is 1.29 bits per heavy atom. The Labute approximate surface area is 124 Å². The highest BCUT2D eigenvalue weighted by Gasteiger charge is 2.33. The molecule has 0 bridgehead atoms. The predicted octanol–water partition coefficient (Wildman–Crippen LogP) is 3.49. The largest absolute Gasteiger partial charge is 0.466 e. The maximum atomic E-state index is 12.9. The van der Waals surface area contributed by atoms with E-state index in [1.54, 1.807) is 6.92 Å². The molecule has 1 aromatic rings. The molecule has 0 spiro atoms. The molecule has 0 atom stereocenters. The summed E-state index contributed by atoms with van der Waals surface area (Å²) in [6.07, 6.45) is -4.98. The van der Waals surface area contributed by atoms with Gasteiger partial charge in [-0.2, -0.15) is 13.2 Å². The molecule has 1 aromatic carbocycles. The lowest BCUT2D eigenvalue weighted by Gasteiger charge is -2.14. The minimum Gasteiger partial charge on any atom is -0.466 e. The average Bonchev–Trinajstić information content (AvgIpc) is 2.35. The third kappa shape index (κ3) is 5.79. The molecule has 0 unspecified atom stereocenters. The maximum absolute atomic E-state index is 12.9. The Hall–Kier alpha value is -1.50. The standard InChI is InChI=1S/C14H15F3O3S/c1-3-20-13(19)7-10-6-11(21-8-9(2)18)4-5-12(10)14(15,16)17/h4-6H,3,7-8H2,1-2H3. The van der Waals surface area contributed by atoms with E-state index in [0.29, 0.717) is 4.90 Å². The Morgan fingerprint density at radius 3 is 2.48 bits per heavy atom. The Morgan fingerprint density at radius 2 is 1.95 bits per heavy atom. The first-order valence-corrected chi connectivity index (χ1v) is 7.20. The number of carbonyl (C=O) groups is 2. The van der Waals surface area contributed by atoms with Gasteiger partial charge in [-0.25, -0.2) is 0 Å². The van der Waals surface area contributed by atoms with Crippen molar-refractivity contribution >= 4 is 23.5 Å². The summed E-state index contributed by atoms with van der Waals surface area (Å²) in [5.41, 5.74) is -1.00. The van der Waals surface area contributed by atoms with Crippen LogP contribution in [0.3, 0.4) is 0 Å². The summed E-state index contributed by atoms with van der Waals surface area (Å²) < 4.78 is 43.4. The van der Waals surface area contributed by atoms with Gasteiger partial charge in [-0.15, -0.1) is 11.8 Å². The summed E-state index contributed by atoms with van der Waals surface area (Å²) in [6, 6.07) is 3.51. The van der Waals surface area contributed by atoms with Crippen molar-refractivity contribution in [1.82, 2.24) is 0 Å². The van der Waals surface area contributed by atoms with Crippen LogP contribution in [0, 0.1) is 0 Å². The van der Waals surface area contributed by atoms with Gasteiger partial charge in [-0.1, -0.05) is 0 Å². The molecule has 0 N–H and O–H groups in total. The molecule has 116 valence electrons. The molecule has 0 saturated heterocycles. The first kappa shape index (κ1) is 17.6. The van der Waals surface area contributed by atoms with Crippen LogP contribution in [0.2, 0.25) is 0 Å². The lowest BCUT2D eigenvalue weighted by molar-refractivity contribution is -0.143. The van der Waals surface area contributed by atoms with Crippen LogP contribution in [0.5, 0.6) is 0 Å². The van der Waals surface area contributed by atoms with Gasteiger partial charge in [-0.05, 0) is 37.6 Å². The normalized spacial score (nSPS) is 11.3. The smallest absolute Gasteiger partial charge is 0.416 e. The summed E-state index contributed by atoms with van der Waals surface area (Å²) in [7, 11) is 0. The van der Waals surface area contributed by atoms with Crippen LogP contribution in [0.25, 0.3) is 0 Å². The second-order valence-corrected chi connectivity index (χ2v) is 5.34. The third-order valence-electron chi connectivity index (χ3n) is 2.46.